The highest BCUT2D eigenvalue weighted by Gasteiger charge is 2.28. The molecule has 8 heteroatoms. The van der Waals surface area contributed by atoms with E-state index < -0.39 is 10.0 Å². The SMILES string of the molecule is CC[C@@H](C)c1ccc(S(=O)(=O)Nc2ccc(-c3nnnn3C3CC3)cc2)cc1. The fourth-order valence-electron chi connectivity index (χ4n) is 3.06. The quantitative estimate of drug-likeness (QED) is 0.651. The van der Waals surface area contributed by atoms with Crippen molar-refractivity contribution in [3.63, 3.8) is 0 Å². The molecule has 1 fully saturated rings. The molecule has 0 unspecified atom stereocenters. The molecule has 0 saturated heterocycles. The Bertz CT molecular complexity index is 1050. The van der Waals surface area contributed by atoms with E-state index in [4.69, 9.17) is 0 Å². The van der Waals surface area contributed by atoms with Crippen LogP contribution in [0.5, 0.6) is 0 Å². The first-order chi connectivity index (χ1) is 13.5. The van der Waals surface area contributed by atoms with E-state index in [-0.39, 0.29) is 4.90 Å². The number of benzene rings is 2. The van der Waals surface area contributed by atoms with Crippen molar-refractivity contribution in [2.45, 2.75) is 50.0 Å². The molecule has 1 aliphatic carbocycles. The molecule has 0 spiro atoms. The first kappa shape index (κ1) is 18.6. The number of rotatable bonds is 7. The second-order valence-corrected chi connectivity index (χ2v) is 8.92. The van der Waals surface area contributed by atoms with Gasteiger partial charge in [0, 0.05) is 11.3 Å². The Kier molecular flexibility index (Phi) is 4.89. The van der Waals surface area contributed by atoms with Crippen molar-refractivity contribution in [1.29, 1.82) is 0 Å². The zero-order chi connectivity index (χ0) is 19.7. The molecule has 1 N–H and O–H groups in total. The first-order valence-electron chi connectivity index (χ1n) is 9.49. The summed E-state index contributed by atoms with van der Waals surface area (Å²) in [6, 6.07) is 14.6. The molecule has 1 heterocycles. The number of nitrogens with one attached hydrogen (secondary N) is 1. The Balaban J connectivity index is 1.51. The molecule has 0 aliphatic heterocycles. The minimum Gasteiger partial charge on any atom is -0.280 e. The number of nitrogens with zero attached hydrogens (tertiary/aromatic N) is 4. The van der Waals surface area contributed by atoms with Crippen molar-refractivity contribution in [2.24, 2.45) is 0 Å². The molecule has 2 aromatic carbocycles. The number of tetrazole rings is 1. The molecule has 3 aromatic rings. The zero-order valence-corrected chi connectivity index (χ0v) is 16.7. The maximum absolute atomic E-state index is 12.7. The van der Waals surface area contributed by atoms with Gasteiger partial charge in [0.1, 0.15) is 0 Å². The van der Waals surface area contributed by atoms with Crippen LogP contribution in [0.2, 0.25) is 0 Å². The van der Waals surface area contributed by atoms with Crippen molar-refractivity contribution < 1.29 is 8.42 Å². The molecule has 0 amide bonds. The lowest BCUT2D eigenvalue weighted by molar-refractivity contribution is 0.601. The minimum absolute atomic E-state index is 0.251. The molecule has 1 saturated carbocycles. The third kappa shape index (κ3) is 3.77. The van der Waals surface area contributed by atoms with Crippen LogP contribution < -0.4 is 4.72 Å². The van der Waals surface area contributed by atoms with Gasteiger partial charge in [-0.05, 0) is 77.6 Å². The van der Waals surface area contributed by atoms with Gasteiger partial charge in [0.15, 0.2) is 5.82 Å². The largest absolute Gasteiger partial charge is 0.280 e. The lowest BCUT2D eigenvalue weighted by atomic mass is 9.99. The third-order valence-corrected chi connectivity index (χ3v) is 6.55. The molecule has 1 atom stereocenters. The van der Waals surface area contributed by atoms with Crippen LogP contribution in [0.1, 0.15) is 50.6 Å². The summed E-state index contributed by atoms with van der Waals surface area (Å²) in [4.78, 5) is 0.251. The van der Waals surface area contributed by atoms with E-state index in [9.17, 15) is 8.42 Å². The zero-order valence-electron chi connectivity index (χ0n) is 15.9. The summed E-state index contributed by atoms with van der Waals surface area (Å²) >= 11 is 0. The van der Waals surface area contributed by atoms with E-state index >= 15 is 0 Å². The predicted molar refractivity (Wildman–Crippen MR) is 107 cm³/mol. The summed E-state index contributed by atoms with van der Waals surface area (Å²) in [6.07, 6.45) is 3.19. The van der Waals surface area contributed by atoms with Gasteiger partial charge in [-0.15, -0.1) is 5.10 Å². The monoisotopic (exact) mass is 397 g/mol. The van der Waals surface area contributed by atoms with E-state index in [1.54, 1.807) is 24.3 Å². The van der Waals surface area contributed by atoms with Crippen molar-refractivity contribution in [2.75, 3.05) is 4.72 Å². The van der Waals surface area contributed by atoms with Gasteiger partial charge in [0.2, 0.25) is 0 Å². The third-order valence-electron chi connectivity index (χ3n) is 5.15. The maximum atomic E-state index is 12.7. The Labute approximate surface area is 164 Å². The maximum Gasteiger partial charge on any atom is 0.261 e. The Hall–Kier alpha value is -2.74. The van der Waals surface area contributed by atoms with Crippen LogP contribution in [0.25, 0.3) is 11.4 Å². The van der Waals surface area contributed by atoms with Crippen molar-refractivity contribution in [3.8, 4) is 11.4 Å². The molecular weight excluding hydrogens is 374 g/mol. The number of hydrogen-bond donors (Lipinski definition) is 1. The molecule has 0 radical (unpaired) electrons. The van der Waals surface area contributed by atoms with E-state index in [1.165, 1.54) is 0 Å². The normalized spacial score (nSPS) is 15.4. The van der Waals surface area contributed by atoms with Gasteiger partial charge in [-0.25, -0.2) is 13.1 Å². The van der Waals surface area contributed by atoms with E-state index in [0.29, 0.717) is 23.5 Å². The van der Waals surface area contributed by atoms with E-state index in [1.807, 2.05) is 28.9 Å². The summed E-state index contributed by atoms with van der Waals surface area (Å²) in [7, 11) is -3.64. The first-order valence-corrected chi connectivity index (χ1v) is 11.0. The number of sulfonamides is 1. The second-order valence-electron chi connectivity index (χ2n) is 7.24. The van der Waals surface area contributed by atoms with Crippen LogP contribution in [0.4, 0.5) is 5.69 Å². The predicted octanol–water partition coefficient (Wildman–Crippen LogP) is 3.99. The van der Waals surface area contributed by atoms with Gasteiger partial charge >= 0.3 is 0 Å². The standard InChI is InChI=1S/C20H23N5O2S/c1-3-14(2)15-6-12-19(13-7-15)28(26,27)22-17-8-4-16(5-9-17)20-21-23-24-25(20)18-10-11-18/h4-9,12-14,18,22H,3,10-11H2,1-2H3/t14-/m1/s1. The molecule has 4 rings (SSSR count). The van der Waals surface area contributed by atoms with Crippen LogP contribution in [0.3, 0.4) is 0 Å². The molecular formula is C20H23N5O2S. The van der Waals surface area contributed by atoms with Crippen molar-refractivity contribution >= 4 is 15.7 Å². The molecule has 0 bridgehead atoms. The summed E-state index contributed by atoms with van der Waals surface area (Å²) in [5, 5.41) is 11.9. The van der Waals surface area contributed by atoms with Crippen LogP contribution in [0, 0.1) is 0 Å². The fourth-order valence-corrected chi connectivity index (χ4v) is 4.12. The van der Waals surface area contributed by atoms with Gasteiger partial charge in [0.05, 0.1) is 10.9 Å². The summed E-state index contributed by atoms with van der Waals surface area (Å²) in [6.45, 7) is 4.24. The molecule has 1 aliphatic rings. The van der Waals surface area contributed by atoms with Gasteiger partial charge in [-0.1, -0.05) is 26.0 Å². The second kappa shape index (κ2) is 7.35. The molecule has 7 nitrogen and oxygen atoms in total. The van der Waals surface area contributed by atoms with Gasteiger partial charge < -0.3 is 0 Å². The summed E-state index contributed by atoms with van der Waals surface area (Å²) in [5.74, 6) is 1.11. The Morgan fingerprint density at radius 2 is 1.79 bits per heavy atom. The van der Waals surface area contributed by atoms with Gasteiger partial charge in [0.25, 0.3) is 10.0 Å². The lowest BCUT2D eigenvalue weighted by Gasteiger charge is -2.12. The van der Waals surface area contributed by atoms with Gasteiger partial charge in [-0.2, -0.15) is 0 Å². The molecule has 146 valence electrons. The average Bonchev–Trinajstić information content (AvgIpc) is 3.44. The molecule has 1 aromatic heterocycles. The van der Waals surface area contributed by atoms with E-state index in [2.05, 4.69) is 34.1 Å². The number of aromatic nitrogens is 4. The van der Waals surface area contributed by atoms with Crippen LogP contribution in [-0.4, -0.2) is 28.6 Å². The van der Waals surface area contributed by atoms with Crippen LogP contribution in [0.15, 0.2) is 53.4 Å². The highest BCUT2D eigenvalue weighted by molar-refractivity contribution is 7.92. The highest BCUT2D eigenvalue weighted by Crippen LogP contribution is 2.36. The Morgan fingerprint density at radius 3 is 2.39 bits per heavy atom. The summed E-state index contributed by atoms with van der Waals surface area (Å²) < 4.78 is 29.8. The van der Waals surface area contributed by atoms with Crippen LogP contribution in [-0.2, 0) is 10.0 Å². The summed E-state index contributed by atoms with van der Waals surface area (Å²) in [5.41, 5.74) is 2.50. The molecule has 28 heavy (non-hydrogen) atoms. The topological polar surface area (TPSA) is 89.8 Å². The Morgan fingerprint density at radius 1 is 1.11 bits per heavy atom. The van der Waals surface area contributed by atoms with E-state index in [0.717, 1.165) is 30.4 Å². The number of anilines is 1. The smallest absolute Gasteiger partial charge is 0.261 e. The lowest BCUT2D eigenvalue weighted by Crippen LogP contribution is -2.13. The van der Waals surface area contributed by atoms with Crippen molar-refractivity contribution in [1.82, 2.24) is 20.2 Å². The fraction of sp³-hybridized carbons (Fsp3) is 0.350. The number of hydrogen-bond acceptors (Lipinski definition) is 5. The average molecular weight is 398 g/mol. The van der Waals surface area contributed by atoms with Crippen molar-refractivity contribution in [3.05, 3.63) is 54.1 Å². The minimum atomic E-state index is -3.64. The van der Waals surface area contributed by atoms with Gasteiger partial charge in [-0.3, -0.25) is 4.72 Å². The van der Waals surface area contributed by atoms with Crippen LogP contribution >= 0.6 is 0 Å². The highest BCUT2D eigenvalue weighted by atomic mass is 32.2.